The number of nitrogens with zero attached hydrogens (tertiary/aromatic N) is 1. The highest BCUT2D eigenvalue weighted by molar-refractivity contribution is 6.20. The van der Waals surface area contributed by atoms with Crippen LogP contribution in [0.3, 0.4) is 0 Å². The smallest absolute Gasteiger partial charge is 0.254 e. The molecule has 86 valence electrons. The van der Waals surface area contributed by atoms with E-state index in [-0.39, 0.29) is 11.3 Å². The van der Waals surface area contributed by atoms with Crippen molar-refractivity contribution < 1.29 is 14.3 Å². The molecule has 0 N–H and O–H groups in total. The molecule has 1 amide bonds. The van der Waals surface area contributed by atoms with Crippen molar-refractivity contribution in [2.24, 2.45) is 0 Å². The van der Waals surface area contributed by atoms with Crippen LogP contribution in [0.25, 0.3) is 0 Å². The first-order chi connectivity index (χ1) is 7.27. The predicted octanol–water partition coefficient (Wildman–Crippen LogP) is 0.632. The summed E-state index contributed by atoms with van der Waals surface area (Å²) >= 11 is 5.98. The lowest BCUT2D eigenvalue weighted by Gasteiger charge is -2.33. The molecule has 0 aromatic carbocycles. The fraction of sp³-hybridized carbons (Fsp3) is 0.900. The largest absolute Gasteiger partial charge is 0.376 e. The van der Waals surface area contributed by atoms with Crippen molar-refractivity contribution in [2.45, 2.75) is 24.3 Å². The Hall–Kier alpha value is -0.320. The summed E-state index contributed by atoms with van der Waals surface area (Å²) in [6.45, 7) is 2.98. The molecule has 2 aliphatic rings. The van der Waals surface area contributed by atoms with E-state index < -0.39 is 6.10 Å². The van der Waals surface area contributed by atoms with E-state index in [2.05, 4.69) is 0 Å². The topological polar surface area (TPSA) is 38.8 Å². The fourth-order valence-corrected chi connectivity index (χ4v) is 2.10. The zero-order chi connectivity index (χ0) is 10.7. The number of rotatable bonds is 1. The van der Waals surface area contributed by atoms with Crippen LogP contribution in [-0.4, -0.2) is 55.2 Å². The molecule has 0 aromatic rings. The molecule has 0 bridgehead atoms. The van der Waals surface area contributed by atoms with Crippen LogP contribution in [0.2, 0.25) is 0 Å². The van der Waals surface area contributed by atoms with Gasteiger partial charge in [0.2, 0.25) is 0 Å². The Morgan fingerprint density at radius 2 is 2.00 bits per heavy atom. The zero-order valence-electron chi connectivity index (χ0n) is 8.65. The molecule has 0 spiro atoms. The summed E-state index contributed by atoms with van der Waals surface area (Å²) in [5.41, 5.74) is 0. The highest BCUT2D eigenvalue weighted by atomic mass is 35.5. The van der Waals surface area contributed by atoms with Gasteiger partial charge in [-0.05, 0) is 12.8 Å². The summed E-state index contributed by atoms with van der Waals surface area (Å²) in [7, 11) is 0. The van der Waals surface area contributed by atoms with Gasteiger partial charge in [-0.2, -0.15) is 0 Å². The number of alkyl halides is 1. The lowest BCUT2D eigenvalue weighted by atomic mass is 10.1. The monoisotopic (exact) mass is 233 g/mol. The van der Waals surface area contributed by atoms with Crippen LogP contribution >= 0.6 is 11.6 Å². The highest BCUT2D eigenvalue weighted by Crippen LogP contribution is 2.17. The standard InChI is InChI=1S/C10H16ClNO3/c11-8-1-3-12(4-2-8)10(13)9-7-14-5-6-15-9/h8-9H,1-7H2. The van der Waals surface area contributed by atoms with Crippen molar-refractivity contribution in [3.8, 4) is 0 Å². The second-order valence-corrected chi connectivity index (χ2v) is 4.55. The lowest BCUT2D eigenvalue weighted by molar-refractivity contribution is -0.158. The van der Waals surface area contributed by atoms with E-state index >= 15 is 0 Å². The number of piperidine rings is 1. The fourth-order valence-electron chi connectivity index (χ4n) is 1.90. The molecular formula is C10H16ClNO3. The summed E-state index contributed by atoms with van der Waals surface area (Å²) in [5, 5.41) is 0.220. The Labute approximate surface area is 94.5 Å². The van der Waals surface area contributed by atoms with E-state index in [0.29, 0.717) is 19.8 Å². The third-order valence-corrected chi connectivity index (χ3v) is 3.26. The number of carbonyl (C=O) groups is 1. The molecule has 1 atom stereocenters. The van der Waals surface area contributed by atoms with Gasteiger partial charge in [0.25, 0.3) is 5.91 Å². The first-order valence-corrected chi connectivity index (χ1v) is 5.83. The molecule has 15 heavy (non-hydrogen) atoms. The normalized spacial score (nSPS) is 29.1. The van der Waals surface area contributed by atoms with E-state index in [4.69, 9.17) is 21.1 Å². The van der Waals surface area contributed by atoms with E-state index in [9.17, 15) is 4.79 Å². The van der Waals surface area contributed by atoms with Crippen molar-refractivity contribution in [2.75, 3.05) is 32.9 Å². The van der Waals surface area contributed by atoms with Gasteiger partial charge >= 0.3 is 0 Å². The van der Waals surface area contributed by atoms with Gasteiger partial charge in [-0.15, -0.1) is 11.6 Å². The average Bonchev–Trinajstić information content (AvgIpc) is 2.30. The van der Waals surface area contributed by atoms with E-state index in [0.717, 1.165) is 25.9 Å². The maximum atomic E-state index is 11.9. The molecule has 0 aromatic heterocycles. The Balaban J connectivity index is 1.84. The molecule has 5 heteroatoms. The van der Waals surface area contributed by atoms with E-state index in [1.54, 1.807) is 0 Å². The Bertz CT molecular complexity index is 223. The van der Waals surface area contributed by atoms with Gasteiger partial charge in [-0.3, -0.25) is 4.79 Å². The first-order valence-electron chi connectivity index (χ1n) is 5.39. The number of likely N-dealkylation sites (tertiary alicyclic amines) is 1. The van der Waals surface area contributed by atoms with Crippen LogP contribution in [0.5, 0.6) is 0 Å². The average molecular weight is 234 g/mol. The van der Waals surface area contributed by atoms with Gasteiger partial charge in [0.15, 0.2) is 6.10 Å². The lowest BCUT2D eigenvalue weighted by Crippen LogP contribution is -2.48. The third-order valence-electron chi connectivity index (χ3n) is 2.83. The van der Waals surface area contributed by atoms with Crippen LogP contribution < -0.4 is 0 Å². The molecule has 0 aliphatic carbocycles. The summed E-state index contributed by atoms with van der Waals surface area (Å²) in [4.78, 5) is 13.8. The molecule has 0 saturated carbocycles. The minimum Gasteiger partial charge on any atom is -0.376 e. The van der Waals surface area contributed by atoms with Crippen LogP contribution in [0.1, 0.15) is 12.8 Å². The second kappa shape index (κ2) is 5.14. The second-order valence-electron chi connectivity index (χ2n) is 3.93. The van der Waals surface area contributed by atoms with Gasteiger partial charge in [0.05, 0.1) is 19.8 Å². The Morgan fingerprint density at radius 3 is 2.60 bits per heavy atom. The number of hydrogen-bond donors (Lipinski definition) is 0. The van der Waals surface area contributed by atoms with Crippen molar-refractivity contribution >= 4 is 17.5 Å². The van der Waals surface area contributed by atoms with Gasteiger partial charge in [0, 0.05) is 18.5 Å². The van der Waals surface area contributed by atoms with Crippen LogP contribution in [0.15, 0.2) is 0 Å². The van der Waals surface area contributed by atoms with Crippen LogP contribution in [0.4, 0.5) is 0 Å². The maximum Gasteiger partial charge on any atom is 0.254 e. The SMILES string of the molecule is O=C(C1COCCO1)N1CCC(Cl)CC1. The quantitative estimate of drug-likeness (QED) is 0.624. The maximum absolute atomic E-state index is 11.9. The van der Waals surface area contributed by atoms with Crippen LogP contribution in [0, 0.1) is 0 Å². The summed E-state index contributed by atoms with van der Waals surface area (Å²) in [6, 6.07) is 0. The number of amides is 1. The number of carbonyl (C=O) groups excluding carboxylic acids is 1. The summed E-state index contributed by atoms with van der Waals surface area (Å²) in [5.74, 6) is 0.0540. The van der Waals surface area contributed by atoms with Gasteiger partial charge in [0.1, 0.15) is 0 Å². The van der Waals surface area contributed by atoms with Crippen molar-refractivity contribution in [3.63, 3.8) is 0 Å². The highest BCUT2D eigenvalue weighted by Gasteiger charge is 2.29. The van der Waals surface area contributed by atoms with Crippen molar-refractivity contribution in [3.05, 3.63) is 0 Å². The molecular weight excluding hydrogens is 218 g/mol. The van der Waals surface area contributed by atoms with E-state index in [1.807, 2.05) is 4.90 Å². The Kier molecular flexibility index (Phi) is 3.83. The number of halogens is 1. The predicted molar refractivity (Wildman–Crippen MR) is 56.0 cm³/mol. The molecule has 2 saturated heterocycles. The molecule has 4 nitrogen and oxygen atoms in total. The third kappa shape index (κ3) is 2.83. The van der Waals surface area contributed by atoms with Crippen molar-refractivity contribution in [1.82, 2.24) is 4.90 Å². The minimum atomic E-state index is -0.398. The molecule has 2 heterocycles. The van der Waals surface area contributed by atoms with Crippen LogP contribution in [-0.2, 0) is 14.3 Å². The number of ether oxygens (including phenoxy) is 2. The molecule has 2 rings (SSSR count). The summed E-state index contributed by atoms with van der Waals surface area (Å²) < 4.78 is 10.6. The van der Waals surface area contributed by atoms with E-state index in [1.165, 1.54) is 0 Å². The first kappa shape index (κ1) is 11.2. The number of hydrogen-bond acceptors (Lipinski definition) is 3. The van der Waals surface area contributed by atoms with Gasteiger partial charge in [-0.25, -0.2) is 0 Å². The van der Waals surface area contributed by atoms with Gasteiger partial charge in [-0.1, -0.05) is 0 Å². The molecule has 1 unspecified atom stereocenters. The molecule has 2 fully saturated rings. The summed E-state index contributed by atoms with van der Waals surface area (Å²) in [6.07, 6.45) is 1.35. The van der Waals surface area contributed by atoms with Gasteiger partial charge < -0.3 is 14.4 Å². The zero-order valence-corrected chi connectivity index (χ0v) is 9.41. The Morgan fingerprint density at radius 1 is 1.27 bits per heavy atom. The minimum absolute atomic E-state index is 0.0540. The van der Waals surface area contributed by atoms with Crippen molar-refractivity contribution in [1.29, 1.82) is 0 Å². The molecule has 0 radical (unpaired) electrons. The molecule has 2 aliphatic heterocycles.